The van der Waals surface area contributed by atoms with Crippen LogP contribution in [-0.2, 0) is 6.42 Å². The van der Waals surface area contributed by atoms with Crippen molar-refractivity contribution in [2.24, 2.45) is 5.73 Å². The van der Waals surface area contributed by atoms with E-state index in [1.807, 2.05) is 0 Å². The van der Waals surface area contributed by atoms with Crippen LogP contribution in [0.3, 0.4) is 0 Å². The van der Waals surface area contributed by atoms with Crippen molar-refractivity contribution < 1.29 is 9.47 Å². The van der Waals surface area contributed by atoms with Crippen LogP contribution in [0, 0.1) is 6.92 Å². The zero-order valence-electron chi connectivity index (χ0n) is 11.9. The third-order valence-corrected chi connectivity index (χ3v) is 3.51. The lowest BCUT2D eigenvalue weighted by Gasteiger charge is -2.21. The van der Waals surface area contributed by atoms with E-state index in [0.717, 1.165) is 44.0 Å². The Balaban J connectivity index is 1.96. The second-order valence-corrected chi connectivity index (χ2v) is 5.12. The molecule has 2 N–H and O–H groups in total. The maximum Gasteiger partial charge on any atom is 0.161 e. The van der Waals surface area contributed by atoms with Gasteiger partial charge in [0.2, 0.25) is 0 Å². The Morgan fingerprint density at radius 2 is 1.84 bits per heavy atom. The van der Waals surface area contributed by atoms with Crippen LogP contribution in [0.2, 0.25) is 0 Å². The molecule has 106 valence electrons. The molecule has 0 bridgehead atoms. The molecule has 0 aliphatic carbocycles. The lowest BCUT2D eigenvalue weighted by molar-refractivity contribution is 0.171. The van der Waals surface area contributed by atoms with E-state index in [4.69, 9.17) is 15.2 Å². The average molecular weight is 264 g/mol. The summed E-state index contributed by atoms with van der Waals surface area (Å²) in [5.41, 5.74) is 8.14. The summed E-state index contributed by atoms with van der Waals surface area (Å²) in [6.45, 7) is 6.28. The maximum absolute atomic E-state index is 5.64. The van der Waals surface area contributed by atoms with Crippen molar-refractivity contribution in [1.29, 1.82) is 0 Å². The molecule has 0 aromatic heterocycles. The Morgan fingerprint density at radius 3 is 2.53 bits per heavy atom. The van der Waals surface area contributed by atoms with Gasteiger partial charge >= 0.3 is 0 Å². The highest BCUT2D eigenvalue weighted by Gasteiger charge is 2.14. The summed E-state index contributed by atoms with van der Waals surface area (Å²) < 4.78 is 11.2. The second-order valence-electron chi connectivity index (χ2n) is 5.12. The molecule has 1 aromatic rings. The van der Waals surface area contributed by atoms with E-state index in [1.165, 1.54) is 11.1 Å². The smallest absolute Gasteiger partial charge is 0.161 e. The monoisotopic (exact) mass is 264 g/mol. The van der Waals surface area contributed by atoms with Crippen LogP contribution in [0.4, 0.5) is 0 Å². The number of hydrogen-bond donors (Lipinski definition) is 1. The normalized spacial score (nSPS) is 13.9. The number of likely N-dealkylation sites (N-methyl/N-ethyl adjacent to an activating group) is 1. The van der Waals surface area contributed by atoms with Crippen LogP contribution < -0.4 is 15.2 Å². The van der Waals surface area contributed by atoms with Gasteiger partial charge in [-0.15, -0.1) is 0 Å². The highest BCUT2D eigenvalue weighted by atomic mass is 16.6. The van der Waals surface area contributed by atoms with Crippen molar-refractivity contribution in [3.05, 3.63) is 23.3 Å². The van der Waals surface area contributed by atoms with Crippen molar-refractivity contribution in [2.45, 2.75) is 19.8 Å². The van der Waals surface area contributed by atoms with Gasteiger partial charge in [-0.25, -0.2) is 0 Å². The number of hydrogen-bond acceptors (Lipinski definition) is 4. The molecule has 4 nitrogen and oxygen atoms in total. The van der Waals surface area contributed by atoms with Gasteiger partial charge in [0.25, 0.3) is 0 Å². The van der Waals surface area contributed by atoms with Crippen LogP contribution in [0.15, 0.2) is 12.1 Å². The quantitative estimate of drug-likeness (QED) is 0.847. The molecule has 0 fully saturated rings. The fraction of sp³-hybridized carbons (Fsp3) is 0.600. The van der Waals surface area contributed by atoms with E-state index in [0.29, 0.717) is 13.2 Å². The predicted octanol–water partition coefficient (Wildman–Crippen LogP) is 1.59. The van der Waals surface area contributed by atoms with Crippen LogP contribution in [0.1, 0.15) is 17.5 Å². The number of rotatable bonds is 6. The lowest BCUT2D eigenvalue weighted by atomic mass is 10.0. The molecule has 0 amide bonds. The fourth-order valence-electron chi connectivity index (χ4n) is 2.29. The standard InChI is InChI=1S/C15H24N2O2/c1-12-10-14-15(19-9-8-18-14)11-13(12)4-7-17(2)6-3-5-16/h10-11H,3-9,16H2,1-2H3. The Labute approximate surface area is 115 Å². The number of fused-ring (bicyclic) bond motifs is 1. The fourth-order valence-corrected chi connectivity index (χ4v) is 2.29. The van der Waals surface area contributed by atoms with Gasteiger partial charge in [0.1, 0.15) is 13.2 Å². The summed E-state index contributed by atoms with van der Waals surface area (Å²) >= 11 is 0. The zero-order chi connectivity index (χ0) is 13.7. The van der Waals surface area contributed by atoms with E-state index in [9.17, 15) is 0 Å². The van der Waals surface area contributed by atoms with Crippen LogP contribution in [-0.4, -0.2) is 44.8 Å². The minimum atomic E-state index is 0.645. The van der Waals surface area contributed by atoms with Gasteiger partial charge in [-0.2, -0.15) is 0 Å². The van der Waals surface area contributed by atoms with E-state index in [1.54, 1.807) is 0 Å². The molecule has 0 spiro atoms. The third kappa shape index (κ3) is 3.85. The zero-order valence-corrected chi connectivity index (χ0v) is 11.9. The topological polar surface area (TPSA) is 47.7 Å². The molecule has 1 aliphatic heterocycles. The first-order valence-electron chi connectivity index (χ1n) is 6.98. The average Bonchev–Trinajstić information content (AvgIpc) is 2.42. The summed E-state index contributed by atoms with van der Waals surface area (Å²) in [4.78, 5) is 2.32. The van der Waals surface area contributed by atoms with E-state index in [2.05, 4.69) is 31.0 Å². The predicted molar refractivity (Wildman–Crippen MR) is 77.0 cm³/mol. The molecular weight excluding hydrogens is 240 g/mol. The SMILES string of the molecule is Cc1cc2c(cc1CCN(C)CCCN)OCCO2. The first-order valence-corrected chi connectivity index (χ1v) is 6.98. The maximum atomic E-state index is 5.64. The number of aryl methyl sites for hydroxylation is 1. The van der Waals surface area contributed by atoms with Crippen LogP contribution >= 0.6 is 0 Å². The molecule has 0 unspecified atom stereocenters. The number of nitrogens with zero attached hydrogens (tertiary/aromatic N) is 1. The first-order chi connectivity index (χ1) is 9.20. The Hall–Kier alpha value is -1.26. The van der Waals surface area contributed by atoms with Gasteiger partial charge in [-0.3, -0.25) is 0 Å². The molecule has 4 heteroatoms. The molecule has 0 atom stereocenters. The largest absolute Gasteiger partial charge is 0.486 e. The minimum absolute atomic E-state index is 0.645. The molecule has 0 saturated carbocycles. The molecule has 0 saturated heterocycles. The highest BCUT2D eigenvalue weighted by molar-refractivity contribution is 5.47. The van der Waals surface area contributed by atoms with E-state index < -0.39 is 0 Å². The molecule has 19 heavy (non-hydrogen) atoms. The van der Waals surface area contributed by atoms with E-state index >= 15 is 0 Å². The van der Waals surface area contributed by atoms with Gasteiger partial charge in [0.15, 0.2) is 11.5 Å². The van der Waals surface area contributed by atoms with Gasteiger partial charge in [-0.05, 0) is 63.2 Å². The summed E-state index contributed by atoms with van der Waals surface area (Å²) in [7, 11) is 2.14. The molecule has 1 aromatic carbocycles. The molecule has 0 radical (unpaired) electrons. The Kier molecular flexibility index (Phi) is 5.05. The summed E-state index contributed by atoms with van der Waals surface area (Å²) in [6.07, 6.45) is 2.08. The van der Waals surface area contributed by atoms with Crippen molar-refractivity contribution in [3.8, 4) is 11.5 Å². The number of ether oxygens (including phenoxy) is 2. The van der Waals surface area contributed by atoms with E-state index in [-0.39, 0.29) is 0 Å². The van der Waals surface area contributed by atoms with Gasteiger partial charge in [0, 0.05) is 6.54 Å². The second kappa shape index (κ2) is 6.78. The van der Waals surface area contributed by atoms with Crippen LogP contribution in [0.5, 0.6) is 11.5 Å². The third-order valence-electron chi connectivity index (χ3n) is 3.51. The van der Waals surface area contributed by atoms with Crippen molar-refractivity contribution in [2.75, 3.05) is 39.9 Å². The first kappa shape index (κ1) is 14.2. The van der Waals surface area contributed by atoms with Crippen molar-refractivity contribution in [1.82, 2.24) is 4.90 Å². The van der Waals surface area contributed by atoms with Crippen molar-refractivity contribution in [3.63, 3.8) is 0 Å². The number of nitrogens with two attached hydrogens (primary N) is 1. The van der Waals surface area contributed by atoms with Gasteiger partial charge in [-0.1, -0.05) is 0 Å². The molecule has 2 rings (SSSR count). The summed E-state index contributed by atoms with van der Waals surface area (Å²) in [6, 6.07) is 4.21. The summed E-state index contributed by atoms with van der Waals surface area (Å²) in [5, 5.41) is 0. The summed E-state index contributed by atoms with van der Waals surface area (Å²) in [5.74, 6) is 1.76. The molecular formula is C15H24N2O2. The highest BCUT2D eigenvalue weighted by Crippen LogP contribution is 2.33. The molecule has 1 aliphatic rings. The minimum Gasteiger partial charge on any atom is -0.486 e. The lowest BCUT2D eigenvalue weighted by Crippen LogP contribution is -2.24. The number of benzene rings is 1. The van der Waals surface area contributed by atoms with Gasteiger partial charge in [0.05, 0.1) is 0 Å². The Bertz CT molecular complexity index is 421. The Morgan fingerprint density at radius 1 is 1.16 bits per heavy atom. The van der Waals surface area contributed by atoms with Gasteiger partial charge < -0.3 is 20.1 Å². The van der Waals surface area contributed by atoms with Crippen molar-refractivity contribution >= 4 is 0 Å². The molecule has 1 heterocycles. The van der Waals surface area contributed by atoms with Crippen LogP contribution in [0.25, 0.3) is 0 Å².